The van der Waals surface area contributed by atoms with Crippen molar-refractivity contribution in [2.24, 2.45) is 16.6 Å². The largest absolute Gasteiger partial charge is 0.383 e. The predicted molar refractivity (Wildman–Crippen MR) is 95.2 cm³/mol. The number of amidine groups is 1. The van der Waals surface area contributed by atoms with Gasteiger partial charge in [0, 0.05) is 13.1 Å². The number of benzene rings is 1. The quantitative estimate of drug-likeness (QED) is 0.669. The standard InChI is InChI=1S/C18H19N7/c19-10-12-16(21)22-17(25-8-4-1-5-9-25)13(11-20)18(12)23-14-6-2-3-7-15(14)24-18/h2-3,6-7,13,23-24H,1,4-5,8-9,21H2. The van der Waals surface area contributed by atoms with E-state index in [1.165, 1.54) is 6.42 Å². The van der Waals surface area contributed by atoms with Gasteiger partial charge in [-0.05, 0) is 31.4 Å². The van der Waals surface area contributed by atoms with Crippen LogP contribution in [0.1, 0.15) is 19.3 Å². The number of aliphatic imine (C=N–C) groups is 1. The molecule has 0 aromatic heterocycles. The average molecular weight is 333 g/mol. The third kappa shape index (κ3) is 2.20. The van der Waals surface area contributed by atoms with Crippen molar-refractivity contribution in [2.45, 2.75) is 24.9 Å². The van der Waals surface area contributed by atoms with E-state index in [9.17, 15) is 10.5 Å². The number of anilines is 2. The van der Waals surface area contributed by atoms with E-state index in [-0.39, 0.29) is 11.4 Å². The summed E-state index contributed by atoms with van der Waals surface area (Å²) >= 11 is 0. The molecule has 0 amide bonds. The lowest BCUT2D eigenvalue weighted by atomic mass is 9.83. The minimum atomic E-state index is -1.08. The number of piperidine rings is 1. The van der Waals surface area contributed by atoms with Crippen molar-refractivity contribution in [3.05, 3.63) is 35.7 Å². The van der Waals surface area contributed by atoms with Gasteiger partial charge in [0.05, 0.1) is 17.4 Å². The van der Waals surface area contributed by atoms with Crippen LogP contribution in [0.2, 0.25) is 0 Å². The van der Waals surface area contributed by atoms with Gasteiger partial charge in [-0.15, -0.1) is 0 Å². The Morgan fingerprint density at radius 1 is 1.12 bits per heavy atom. The average Bonchev–Trinajstić information content (AvgIpc) is 3.01. The molecule has 1 aromatic rings. The molecule has 1 spiro atoms. The Bertz CT molecular complexity index is 824. The summed E-state index contributed by atoms with van der Waals surface area (Å²) in [5.41, 5.74) is 7.03. The van der Waals surface area contributed by atoms with Gasteiger partial charge >= 0.3 is 0 Å². The highest BCUT2D eigenvalue weighted by Gasteiger charge is 2.54. The van der Waals surface area contributed by atoms with E-state index >= 15 is 0 Å². The molecular weight excluding hydrogens is 314 g/mol. The maximum Gasteiger partial charge on any atom is 0.172 e. The van der Waals surface area contributed by atoms with Gasteiger partial charge in [0.2, 0.25) is 0 Å². The van der Waals surface area contributed by atoms with Crippen LogP contribution in [-0.4, -0.2) is 29.5 Å². The number of rotatable bonds is 0. The first-order chi connectivity index (χ1) is 12.2. The molecule has 1 unspecified atom stereocenters. The minimum Gasteiger partial charge on any atom is -0.383 e. The van der Waals surface area contributed by atoms with Gasteiger partial charge in [-0.1, -0.05) is 12.1 Å². The summed E-state index contributed by atoms with van der Waals surface area (Å²) in [4.78, 5) is 6.60. The molecule has 3 heterocycles. The number of fused-ring (bicyclic) bond motifs is 1. The van der Waals surface area contributed by atoms with Crippen LogP contribution in [0.25, 0.3) is 0 Å². The van der Waals surface area contributed by atoms with Gasteiger partial charge in [0.1, 0.15) is 23.3 Å². The molecule has 0 saturated carbocycles. The first-order valence-electron chi connectivity index (χ1n) is 8.48. The summed E-state index contributed by atoms with van der Waals surface area (Å²) in [6.45, 7) is 1.71. The van der Waals surface area contributed by atoms with Crippen molar-refractivity contribution in [3.63, 3.8) is 0 Å². The van der Waals surface area contributed by atoms with Gasteiger partial charge < -0.3 is 21.3 Å². The summed E-state index contributed by atoms with van der Waals surface area (Å²) in [7, 11) is 0. The van der Waals surface area contributed by atoms with Crippen molar-refractivity contribution >= 4 is 17.2 Å². The second-order valence-electron chi connectivity index (χ2n) is 6.56. The van der Waals surface area contributed by atoms with Crippen LogP contribution in [-0.2, 0) is 0 Å². The molecule has 3 aliphatic heterocycles. The predicted octanol–water partition coefficient (Wildman–Crippen LogP) is 1.95. The third-order valence-corrected chi connectivity index (χ3v) is 5.09. The maximum absolute atomic E-state index is 9.99. The third-order valence-electron chi connectivity index (χ3n) is 5.09. The monoisotopic (exact) mass is 333 g/mol. The number of nitriles is 2. The highest BCUT2D eigenvalue weighted by Crippen LogP contribution is 2.44. The molecule has 1 aromatic carbocycles. The Kier molecular flexibility index (Phi) is 3.51. The fraction of sp³-hybridized carbons (Fsp3) is 0.389. The Balaban J connectivity index is 1.83. The zero-order valence-electron chi connectivity index (χ0n) is 13.8. The molecule has 0 aliphatic carbocycles. The molecule has 1 fully saturated rings. The summed E-state index contributed by atoms with van der Waals surface area (Å²) < 4.78 is 0. The molecule has 25 heavy (non-hydrogen) atoms. The number of likely N-dealkylation sites (tertiary alicyclic amines) is 1. The molecule has 4 N–H and O–H groups in total. The summed E-state index contributed by atoms with van der Waals surface area (Å²) in [6, 6.07) is 12.2. The minimum absolute atomic E-state index is 0.169. The number of para-hydroxylation sites is 2. The van der Waals surface area contributed by atoms with Crippen LogP contribution in [0.5, 0.6) is 0 Å². The lowest BCUT2D eigenvalue weighted by Crippen LogP contribution is -2.59. The van der Waals surface area contributed by atoms with Crippen molar-refractivity contribution in [2.75, 3.05) is 23.7 Å². The van der Waals surface area contributed by atoms with Crippen LogP contribution in [0.3, 0.4) is 0 Å². The number of nitrogens with one attached hydrogen (secondary N) is 2. The lowest BCUT2D eigenvalue weighted by Gasteiger charge is -2.42. The van der Waals surface area contributed by atoms with Crippen LogP contribution in [0.4, 0.5) is 11.4 Å². The second kappa shape index (κ2) is 5.71. The summed E-state index contributed by atoms with van der Waals surface area (Å²) in [6.07, 6.45) is 3.32. The first-order valence-corrected chi connectivity index (χ1v) is 8.48. The fourth-order valence-corrected chi connectivity index (χ4v) is 3.89. The van der Waals surface area contributed by atoms with Gasteiger partial charge in [-0.2, -0.15) is 10.5 Å². The molecule has 1 atom stereocenters. The van der Waals surface area contributed by atoms with Crippen molar-refractivity contribution in [1.82, 2.24) is 4.90 Å². The normalized spacial score (nSPS) is 23.8. The van der Waals surface area contributed by atoms with Crippen molar-refractivity contribution in [1.29, 1.82) is 10.5 Å². The number of nitrogens with zero attached hydrogens (tertiary/aromatic N) is 4. The first kappa shape index (κ1) is 15.3. The van der Waals surface area contributed by atoms with Gasteiger partial charge in [-0.25, -0.2) is 4.99 Å². The van der Waals surface area contributed by atoms with Gasteiger partial charge in [0.25, 0.3) is 0 Å². The van der Waals surface area contributed by atoms with E-state index in [2.05, 4.69) is 32.7 Å². The summed E-state index contributed by atoms with van der Waals surface area (Å²) in [5.74, 6) is 0.161. The van der Waals surface area contributed by atoms with E-state index in [1.54, 1.807) is 0 Å². The highest BCUT2D eigenvalue weighted by atomic mass is 15.3. The fourth-order valence-electron chi connectivity index (χ4n) is 3.89. The Hall–Kier alpha value is -3.19. The second-order valence-corrected chi connectivity index (χ2v) is 6.56. The van der Waals surface area contributed by atoms with E-state index < -0.39 is 11.6 Å². The molecule has 4 rings (SSSR count). The Morgan fingerprint density at radius 3 is 2.32 bits per heavy atom. The lowest BCUT2D eigenvalue weighted by molar-refractivity contribution is 0.321. The molecule has 3 aliphatic rings. The molecule has 7 heteroatoms. The highest BCUT2D eigenvalue weighted by molar-refractivity contribution is 5.95. The summed E-state index contributed by atoms with van der Waals surface area (Å²) in [5, 5.41) is 26.4. The van der Waals surface area contributed by atoms with Gasteiger partial charge in [0.15, 0.2) is 11.6 Å². The zero-order valence-corrected chi connectivity index (χ0v) is 13.8. The van der Waals surface area contributed by atoms with Crippen molar-refractivity contribution in [3.8, 4) is 12.1 Å². The Labute approximate surface area is 146 Å². The molecule has 7 nitrogen and oxygen atoms in total. The molecular formula is C18H19N7. The van der Waals surface area contributed by atoms with Crippen molar-refractivity contribution < 1.29 is 0 Å². The van der Waals surface area contributed by atoms with E-state index in [4.69, 9.17) is 5.73 Å². The van der Waals surface area contributed by atoms with Crippen LogP contribution in [0.15, 0.2) is 40.7 Å². The van der Waals surface area contributed by atoms with E-state index in [0.717, 1.165) is 37.3 Å². The SMILES string of the molecule is N#CC1=C(N)N=C(N2CCCCC2)C(C#N)C12Nc1ccccc1N2. The van der Waals surface area contributed by atoms with E-state index in [1.807, 2.05) is 24.3 Å². The van der Waals surface area contributed by atoms with Crippen LogP contribution >= 0.6 is 0 Å². The maximum atomic E-state index is 9.99. The Morgan fingerprint density at radius 2 is 1.76 bits per heavy atom. The smallest absolute Gasteiger partial charge is 0.172 e. The number of hydrogen-bond donors (Lipinski definition) is 3. The van der Waals surface area contributed by atoms with E-state index in [0.29, 0.717) is 5.84 Å². The molecule has 1 saturated heterocycles. The number of nitrogens with two attached hydrogens (primary N) is 1. The topological polar surface area (TPSA) is 113 Å². The molecule has 0 bridgehead atoms. The zero-order chi connectivity index (χ0) is 17.4. The van der Waals surface area contributed by atoms with Crippen LogP contribution in [0, 0.1) is 28.6 Å². The molecule has 0 radical (unpaired) electrons. The van der Waals surface area contributed by atoms with Crippen LogP contribution < -0.4 is 16.4 Å². The molecule has 126 valence electrons. The van der Waals surface area contributed by atoms with Gasteiger partial charge in [-0.3, -0.25) is 0 Å². The number of hydrogen-bond acceptors (Lipinski definition) is 7.